The molecule has 0 atom stereocenters. The lowest BCUT2D eigenvalue weighted by atomic mass is 10.1. The van der Waals surface area contributed by atoms with Gasteiger partial charge >= 0.3 is 0 Å². The van der Waals surface area contributed by atoms with Crippen LogP contribution in [0.1, 0.15) is 35.2 Å². The van der Waals surface area contributed by atoms with Crippen molar-refractivity contribution in [1.29, 1.82) is 0 Å². The van der Waals surface area contributed by atoms with Crippen molar-refractivity contribution < 1.29 is 19.0 Å². The lowest BCUT2D eigenvalue weighted by Gasteiger charge is -2.26. The molecule has 0 saturated carbocycles. The molecule has 0 aliphatic carbocycles. The van der Waals surface area contributed by atoms with Gasteiger partial charge in [-0.15, -0.1) is 0 Å². The first-order valence-corrected chi connectivity index (χ1v) is 9.57. The predicted octanol–water partition coefficient (Wildman–Crippen LogP) is 3.95. The van der Waals surface area contributed by atoms with Gasteiger partial charge in [0.1, 0.15) is 0 Å². The monoisotopic (exact) mass is 384 g/mol. The average molecular weight is 384 g/mol. The summed E-state index contributed by atoms with van der Waals surface area (Å²) in [6.45, 7) is 3.25. The number of rotatable bonds is 7. The van der Waals surface area contributed by atoms with Gasteiger partial charge in [0.05, 0.1) is 21.3 Å². The third-order valence-electron chi connectivity index (χ3n) is 4.99. The number of methoxy groups -OCH3 is 3. The standard InChI is InChI=1S/C22H28N2O4/c1-26-19-13-18(14-20(27-2)21(19)28-3)23-22(25)17-9-7-16(8-10-17)15-24-11-5-4-6-12-24/h7-10,13-14H,4-6,11-12,15H2,1-3H3,(H,23,25). The first kappa shape index (κ1) is 20.0. The number of likely N-dealkylation sites (tertiary alicyclic amines) is 1. The maximum atomic E-state index is 12.6. The number of piperidine rings is 1. The highest BCUT2D eigenvalue weighted by Gasteiger charge is 2.15. The van der Waals surface area contributed by atoms with Gasteiger partial charge in [-0.05, 0) is 43.6 Å². The first-order chi connectivity index (χ1) is 13.6. The van der Waals surface area contributed by atoms with Crippen LogP contribution in [-0.4, -0.2) is 45.2 Å². The third-order valence-corrected chi connectivity index (χ3v) is 4.99. The van der Waals surface area contributed by atoms with Gasteiger partial charge in [-0.2, -0.15) is 0 Å². The van der Waals surface area contributed by atoms with E-state index in [1.807, 2.05) is 24.3 Å². The van der Waals surface area contributed by atoms with Crippen LogP contribution in [0.4, 0.5) is 5.69 Å². The molecule has 6 nitrogen and oxygen atoms in total. The van der Waals surface area contributed by atoms with Gasteiger partial charge in [0, 0.05) is 29.9 Å². The molecule has 1 aliphatic heterocycles. The topological polar surface area (TPSA) is 60.0 Å². The molecule has 1 N–H and O–H groups in total. The van der Waals surface area contributed by atoms with Gasteiger partial charge in [0.15, 0.2) is 11.5 Å². The lowest BCUT2D eigenvalue weighted by molar-refractivity contribution is 0.102. The number of hydrogen-bond acceptors (Lipinski definition) is 5. The van der Waals surface area contributed by atoms with Gasteiger partial charge in [0.25, 0.3) is 5.91 Å². The number of nitrogens with one attached hydrogen (secondary N) is 1. The second-order valence-electron chi connectivity index (χ2n) is 6.90. The van der Waals surface area contributed by atoms with Crippen molar-refractivity contribution in [2.75, 3.05) is 39.7 Å². The number of carbonyl (C=O) groups is 1. The van der Waals surface area contributed by atoms with Crippen molar-refractivity contribution >= 4 is 11.6 Å². The van der Waals surface area contributed by atoms with Crippen LogP contribution in [0.2, 0.25) is 0 Å². The van der Waals surface area contributed by atoms with E-state index < -0.39 is 0 Å². The molecule has 1 aliphatic rings. The normalized spacial score (nSPS) is 14.4. The van der Waals surface area contributed by atoms with Gasteiger partial charge in [0.2, 0.25) is 5.75 Å². The smallest absolute Gasteiger partial charge is 0.255 e. The van der Waals surface area contributed by atoms with Gasteiger partial charge < -0.3 is 19.5 Å². The molecule has 28 heavy (non-hydrogen) atoms. The minimum absolute atomic E-state index is 0.182. The Labute approximate surface area is 166 Å². The van der Waals surface area contributed by atoms with Crippen LogP contribution >= 0.6 is 0 Å². The molecule has 0 bridgehead atoms. The fourth-order valence-electron chi connectivity index (χ4n) is 3.49. The van der Waals surface area contributed by atoms with Crippen LogP contribution in [0.25, 0.3) is 0 Å². The Hall–Kier alpha value is -2.73. The molecular weight excluding hydrogens is 356 g/mol. The Morgan fingerprint density at radius 3 is 2.07 bits per heavy atom. The van der Waals surface area contributed by atoms with Gasteiger partial charge in [-0.25, -0.2) is 0 Å². The highest BCUT2D eigenvalue weighted by molar-refractivity contribution is 6.04. The Bertz CT molecular complexity index is 774. The summed E-state index contributed by atoms with van der Waals surface area (Å²) >= 11 is 0. The lowest BCUT2D eigenvalue weighted by Crippen LogP contribution is -2.29. The SMILES string of the molecule is COc1cc(NC(=O)c2ccc(CN3CCCCC3)cc2)cc(OC)c1OC. The van der Waals surface area contributed by atoms with Crippen molar-refractivity contribution in [2.24, 2.45) is 0 Å². The van der Waals surface area contributed by atoms with Crippen LogP contribution in [-0.2, 0) is 6.54 Å². The Kier molecular flexibility index (Phi) is 6.76. The Balaban J connectivity index is 1.69. The number of carbonyl (C=O) groups excluding carboxylic acids is 1. The maximum Gasteiger partial charge on any atom is 0.255 e. The molecule has 2 aromatic carbocycles. The molecule has 0 spiro atoms. The minimum Gasteiger partial charge on any atom is -0.493 e. The van der Waals surface area contributed by atoms with E-state index in [2.05, 4.69) is 10.2 Å². The molecule has 1 saturated heterocycles. The zero-order chi connectivity index (χ0) is 19.9. The van der Waals surface area contributed by atoms with E-state index in [1.165, 1.54) is 24.8 Å². The molecule has 1 heterocycles. The van der Waals surface area contributed by atoms with Gasteiger partial charge in [-0.1, -0.05) is 18.6 Å². The molecule has 0 radical (unpaired) electrons. The average Bonchev–Trinajstić information content (AvgIpc) is 2.74. The van der Waals surface area contributed by atoms with E-state index in [4.69, 9.17) is 14.2 Å². The highest BCUT2D eigenvalue weighted by atomic mass is 16.5. The molecule has 6 heteroatoms. The number of anilines is 1. The second kappa shape index (κ2) is 9.46. The summed E-state index contributed by atoms with van der Waals surface area (Å²) in [5.41, 5.74) is 2.42. The van der Waals surface area contributed by atoms with Crippen LogP contribution in [0.15, 0.2) is 36.4 Å². The maximum absolute atomic E-state index is 12.6. The molecule has 150 valence electrons. The van der Waals surface area contributed by atoms with E-state index in [0.29, 0.717) is 28.5 Å². The quantitative estimate of drug-likeness (QED) is 0.783. The summed E-state index contributed by atoms with van der Waals surface area (Å²) in [6.07, 6.45) is 3.88. The molecular formula is C22H28N2O4. The van der Waals surface area contributed by atoms with Crippen LogP contribution < -0.4 is 19.5 Å². The predicted molar refractivity (Wildman–Crippen MR) is 110 cm³/mol. The second-order valence-corrected chi connectivity index (χ2v) is 6.90. The van der Waals surface area contributed by atoms with Crippen LogP contribution in [0.3, 0.4) is 0 Å². The molecule has 2 aromatic rings. The highest BCUT2D eigenvalue weighted by Crippen LogP contribution is 2.40. The van der Waals surface area contributed by atoms with Crippen molar-refractivity contribution in [2.45, 2.75) is 25.8 Å². The number of benzene rings is 2. The summed E-state index contributed by atoms with van der Waals surface area (Å²) in [5, 5.41) is 2.89. The van der Waals surface area contributed by atoms with Gasteiger partial charge in [-0.3, -0.25) is 9.69 Å². The zero-order valence-electron chi connectivity index (χ0n) is 16.8. The Morgan fingerprint density at radius 2 is 1.54 bits per heavy atom. The van der Waals surface area contributed by atoms with E-state index in [1.54, 1.807) is 33.5 Å². The summed E-state index contributed by atoms with van der Waals surface area (Å²) < 4.78 is 16.0. The summed E-state index contributed by atoms with van der Waals surface area (Å²) in [6, 6.07) is 11.2. The number of amides is 1. The summed E-state index contributed by atoms with van der Waals surface area (Å²) in [4.78, 5) is 15.1. The van der Waals surface area contributed by atoms with Crippen molar-refractivity contribution in [3.05, 3.63) is 47.5 Å². The van der Waals surface area contributed by atoms with E-state index in [9.17, 15) is 4.79 Å². The van der Waals surface area contributed by atoms with Crippen molar-refractivity contribution in [3.63, 3.8) is 0 Å². The molecule has 3 rings (SSSR count). The van der Waals surface area contributed by atoms with Crippen LogP contribution in [0, 0.1) is 0 Å². The number of nitrogens with zero attached hydrogens (tertiary/aromatic N) is 1. The fourth-order valence-corrected chi connectivity index (χ4v) is 3.49. The van der Waals surface area contributed by atoms with Crippen molar-refractivity contribution in [1.82, 2.24) is 4.90 Å². The molecule has 0 unspecified atom stereocenters. The van der Waals surface area contributed by atoms with E-state index in [0.717, 1.165) is 19.6 Å². The summed E-state index contributed by atoms with van der Waals surface area (Å²) in [7, 11) is 4.64. The molecule has 0 aromatic heterocycles. The Morgan fingerprint density at radius 1 is 0.929 bits per heavy atom. The van der Waals surface area contributed by atoms with Crippen LogP contribution in [0.5, 0.6) is 17.2 Å². The fraction of sp³-hybridized carbons (Fsp3) is 0.409. The third kappa shape index (κ3) is 4.75. The number of hydrogen-bond donors (Lipinski definition) is 1. The minimum atomic E-state index is -0.182. The molecule has 1 amide bonds. The van der Waals surface area contributed by atoms with Crippen molar-refractivity contribution in [3.8, 4) is 17.2 Å². The zero-order valence-corrected chi connectivity index (χ0v) is 16.8. The molecule has 1 fully saturated rings. The first-order valence-electron chi connectivity index (χ1n) is 9.57. The summed E-state index contributed by atoms with van der Waals surface area (Å²) in [5.74, 6) is 1.30. The largest absolute Gasteiger partial charge is 0.493 e. The number of ether oxygens (including phenoxy) is 3. The van der Waals surface area contributed by atoms with E-state index in [-0.39, 0.29) is 5.91 Å². The van der Waals surface area contributed by atoms with E-state index >= 15 is 0 Å².